The first-order chi connectivity index (χ1) is 11.0. The average molecular weight is 326 g/mol. The molecule has 2 rings (SSSR count). The Morgan fingerprint density at radius 1 is 1.26 bits per heavy atom. The van der Waals surface area contributed by atoms with Crippen LogP contribution in [0.5, 0.6) is 5.75 Å². The number of ether oxygens (including phenoxy) is 1. The summed E-state index contributed by atoms with van der Waals surface area (Å²) in [5.41, 5.74) is 0.356. The summed E-state index contributed by atoms with van der Waals surface area (Å²) in [6.45, 7) is -2.80. The molecule has 0 bridgehead atoms. The summed E-state index contributed by atoms with van der Waals surface area (Å²) in [6.07, 6.45) is 0.443. The predicted molar refractivity (Wildman–Crippen MR) is 77.0 cm³/mol. The molecule has 2 amide bonds. The van der Waals surface area contributed by atoms with Crippen LogP contribution in [0.2, 0.25) is 0 Å². The van der Waals surface area contributed by atoms with Crippen molar-refractivity contribution in [3.63, 3.8) is 0 Å². The fourth-order valence-electron chi connectivity index (χ4n) is 1.85. The minimum atomic E-state index is -2.94. The van der Waals surface area contributed by atoms with Gasteiger partial charge in [0.05, 0.1) is 18.9 Å². The second-order valence-corrected chi connectivity index (χ2v) is 4.61. The van der Waals surface area contributed by atoms with Gasteiger partial charge in [-0.05, 0) is 29.8 Å². The highest BCUT2D eigenvalue weighted by Gasteiger charge is 2.12. The zero-order valence-electron chi connectivity index (χ0n) is 12.0. The quantitative estimate of drug-likeness (QED) is 0.729. The second kappa shape index (κ2) is 8.14. The number of rotatable bonds is 7. The Bertz CT molecular complexity index is 620. The number of urea groups is 1. The van der Waals surface area contributed by atoms with Gasteiger partial charge in [0, 0.05) is 6.54 Å². The van der Waals surface area contributed by atoms with Crippen LogP contribution in [0.25, 0.3) is 0 Å². The van der Waals surface area contributed by atoms with Crippen LogP contribution in [0.15, 0.2) is 47.1 Å². The molecule has 0 saturated carbocycles. The highest BCUT2D eigenvalue weighted by atomic mass is 19.3. The van der Waals surface area contributed by atoms with Crippen LogP contribution in [0, 0.1) is 0 Å². The molecule has 2 aromatic rings. The van der Waals surface area contributed by atoms with Gasteiger partial charge in [-0.15, -0.1) is 0 Å². The van der Waals surface area contributed by atoms with Crippen molar-refractivity contribution in [2.24, 2.45) is 0 Å². The zero-order valence-corrected chi connectivity index (χ0v) is 12.0. The molecular formula is C15H16F2N2O4. The molecular weight excluding hydrogens is 310 g/mol. The molecule has 6 nitrogen and oxygen atoms in total. The van der Waals surface area contributed by atoms with Crippen LogP contribution in [-0.4, -0.2) is 24.3 Å². The first kappa shape index (κ1) is 16.8. The summed E-state index contributed by atoms with van der Waals surface area (Å²) < 4.78 is 33.6. The van der Waals surface area contributed by atoms with Crippen LogP contribution >= 0.6 is 0 Å². The topological polar surface area (TPSA) is 83.7 Å². The normalized spacial score (nSPS) is 12.0. The molecule has 0 fully saturated rings. The molecule has 0 radical (unpaired) electrons. The maximum absolute atomic E-state index is 12.2. The lowest BCUT2D eigenvalue weighted by Gasteiger charge is -2.14. The van der Waals surface area contributed by atoms with Crippen molar-refractivity contribution in [3.8, 4) is 5.75 Å². The fourth-order valence-corrected chi connectivity index (χ4v) is 1.85. The van der Waals surface area contributed by atoms with Gasteiger partial charge in [-0.2, -0.15) is 8.78 Å². The van der Waals surface area contributed by atoms with Crippen molar-refractivity contribution in [3.05, 3.63) is 54.0 Å². The molecule has 1 unspecified atom stereocenters. The van der Waals surface area contributed by atoms with E-state index in [4.69, 9.17) is 4.42 Å². The van der Waals surface area contributed by atoms with Crippen molar-refractivity contribution in [2.45, 2.75) is 19.3 Å². The standard InChI is InChI=1S/C15H16F2N2O4/c16-14(17)23-11-4-1-3-10(7-11)13(20)9-19-15(21)18-8-12-5-2-6-22-12/h1-7,13-14,20H,8-9H2,(H2,18,19,21). The molecule has 0 aliphatic heterocycles. The highest BCUT2D eigenvalue weighted by Crippen LogP contribution is 2.20. The van der Waals surface area contributed by atoms with E-state index in [9.17, 15) is 18.7 Å². The predicted octanol–water partition coefficient (Wildman–Crippen LogP) is 2.41. The molecule has 0 saturated heterocycles. The van der Waals surface area contributed by atoms with Crippen LogP contribution in [0.4, 0.5) is 13.6 Å². The highest BCUT2D eigenvalue weighted by molar-refractivity contribution is 5.73. The zero-order chi connectivity index (χ0) is 16.7. The number of carbonyl (C=O) groups excluding carboxylic acids is 1. The maximum atomic E-state index is 12.2. The summed E-state index contributed by atoms with van der Waals surface area (Å²) >= 11 is 0. The number of amides is 2. The van der Waals surface area contributed by atoms with Crippen molar-refractivity contribution < 1.29 is 27.8 Å². The van der Waals surface area contributed by atoms with Gasteiger partial charge in [0.1, 0.15) is 11.5 Å². The Labute approximate surface area is 131 Å². The third-order valence-corrected chi connectivity index (χ3v) is 2.93. The number of aliphatic hydroxyl groups excluding tert-OH is 1. The molecule has 1 aromatic carbocycles. The first-order valence-corrected chi connectivity index (χ1v) is 6.81. The van der Waals surface area contributed by atoms with E-state index in [2.05, 4.69) is 15.4 Å². The van der Waals surface area contributed by atoms with Gasteiger partial charge < -0.3 is 24.9 Å². The summed E-state index contributed by atoms with van der Waals surface area (Å²) in [6, 6.07) is 8.60. The van der Waals surface area contributed by atoms with Gasteiger partial charge in [0.2, 0.25) is 0 Å². The van der Waals surface area contributed by atoms with E-state index in [1.54, 1.807) is 18.2 Å². The SMILES string of the molecule is O=C(NCc1ccco1)NCC(O)c1cccc(OC(F)F)c1. The number of hydrogen-bond donors (Lipinski definition) is 3. The molecule has 8 heteroatoms. The van der Waals surface area contributed by atoms with E-state index in [-0.39, 0.29) is 18.8 Å². The molecule has 23 heavy (non-hydrogen) atoms. The van der Waals surface area contributed by atoms with Gasteiger partial charge in [-0.25, -0.2) is 4.79 Å². The molecule has 124 valence electrons. The van der Waals surface area contributed by atoms with Gasteiger partial charge in [0.25, 0.3) is 0 Å². The van der Waals surface area contributed by atoms with Crippen LogP contribution in [0.1, 0.15) is 17.4 Å². The fraction of sp³-hybridized carbons (Fsp3) is 0.267. The monoisotopic (exact) mass is 326 g/mol. The van der Waals surface area contributed by atoms with Gasteiger partial charge in [-0.1, -0.05) is 12.1 Å². The Hall–Kier alpha value is -2.61. The van der Waals surface area contributed by atoms with Crippen molar-refractivity contribution >= 4 is 6.03 Å². The number of alkyl halides is 2. The number of furan rings is 1. The average Bonchev–Trinajstić information content (AvgIpc) is 3.03. The molecule has 3 N–H and O–H groups in total. The minimum absolute atomic E-state index is 0.0566. The lowest BCUT2D eigenvalue weighted by atomic mass is 10.1. The van der Waals surface area contributed by atoms with E-state index < -0.39 is 18.7 Å². The Morgan fingerprint density at radius 3 is 2.78 bits per heavy atom. The number of nitrogens with one attached hydrogen (secondary N) is 2. The summed E-state index contributed by atoms with van der Waals surface area (Å²) in [5, 5.41) is 15.0. The largest absolute Gasteiger partial charge is 0.467 e. The third-order valence-electron chi connectivity index (χ3n) is 2.93. The summed E-state index contributed by atoms with van der Waals surface area (Å²) in [4.78, 5) is 11.6. The van der Waals surface area contributed by atoms with E-state index in [1.807, 2.05) is 0 Å². The number of aliphatic hydroxyl groups is 1. The van der Waals surface area contributed by atoms with Gasteiger partial charge in [0.15, 0.2) is 0 Å². The lowest BCUT2D eigenvalue weighted by molar-refractivity contribution is -0.0499. The van der Waals surface area contributed by atoms with Gasteiger partial charge >= 0.3 is 12.6 Å². The molecule has 1 aromatic heterocycles. The van der Waals surface area contributed by atoms with Crippen molar-refractivity contribution in [1.82, 2.24) is 10.6 Å². The van der Waals surface area contributed by atoms with Gasteiger partial charge in [-0.3, -0.25) is 0 Å². The smallest absolute Gasteiger partial charge is 0.387 e. The van der Waals surface area contributed by atoms with E-state index in [0.29, 0.717) is 11.3 Å². The number of carbonyl (C=O) groups is 1. The Balaban J connectivity index is 1.79. The molecule has 1 heterocycles. The third kappa shape index (κ3) is 5.59. The minimum Gasteiger partial charge on any atom is -0.467 e. The summed E-state index contributed by atoms with van der Waals surface area (Å²) in [5.74, 6) is 0.538. The van der Waals surface area contributed by atoms with Crippen LogP contribution in [-0.2, 0) is 6.54 Å². The van der Waals surface area contributed by atoms with E-state index >= 15 is 0 Å². The van der Waals surface area contributed by atoms with Crippen molar-refractivity contribution in [1.29, 1.82) is 0 Å². The van der Waals surface area contributed by atoms with Crippen molar-refractivity contribution in [2.75, 3.05) is 6.54 Å². The summed E-state index contributed by atoms with van der Waals surface area (Å²) in [7, 11) is 0. The van der Waals surface area contributed by atoms with Crippen LogP contribution in [0.3, 0.4) is 0 Å². The number of benzene rings is 1. The van der Waals surface area contributed by atoms with E-state index in [0.717, 1.165) is 0 Å². The number of halogens is 2. The van der Waals surface area contributed by atoms with Crippen LogP contribution < -0.4 is 15.4 Å². The molecule has 0 aliphatic carbocycles. The molecule has 0 spiro atoms. The number of hydrogen-bond acceptors (Lipinski definition) is 4. The maximum Gasteiger partial charge on any atom is 0.387 e. The molecule has 0 aliphatic rings. The molecule has 1 atom stereocenters. The Kier molecular flexibility index (Phi) is 5.93. The Morgan fingerprint density at radius 2 is 2.09 bits per heavy atom. The first-order valence-electron chi connectivity index (χ1n) is 6.81. The lowest BCUT2D eigenvalue weighted by Crippen LogP contribution is -2.37. The second-order valence-electron chi connectivity index (χ2n) is 4.61. The van der Waals surface area contributed by atoms with E-state index in [1.165, 1.54) is 24.5 Å².